The quantitative estimate of drug-likeness (QED) is 0.907. The summed E-state index contributed by atoms with van der Waals surface area (Å²) in [5.74, 6) is 1.45. The maximum atomic E-state index is 12.7. The van der Waals surface area contributed by atoms with Crippen LogP contribution in [0, 0.1) is 5.92 Å². The number of likely N-dealkylation sites (tertiary alicyclic amines) is 1. The zero-order valence-electron chi connectivity index (χ0n) is 12.1. The molecule has 0 aliphatic carbocycles. The van der Waals surface area contributed by atoms with Gasteiger partial charge >= 0.3 is 0 Å². The van der Waals surface area contributed by atoms with E-state index in [2.05, 4.69) is 0 Å². The summed E-state index contributed by atoms with van der Waals surface area (Å²) in [7, 11) is 3.12. The van der Waals surface area contributed by atoms with Crippen molar-refractivity contribution in [2.24, 2.45) is 11.7 Å². The van der Waals surface area contributed by atoms with Gasteiger partial charge in [0.2, 0.25) is 0 Å². The van der Waals surface area contributed by atoms with Crippen molar-refractivity contribution in [1.82, 2.24) is 4.90 Å². The molecular weight excluding hydrogens is 256 g/mol. The second-order valence-corrected chi connectivity index (χ2v) is 5.04. The average molecular weight is 278 g/mol. The summed E-state index contributed by atoms with van der Waals surface area (Å²) in [5, 5.41) is 0. The number of hydrogen-bond donors (Lipinski definition) is 1. The Labute approximate surface area is 119 Å². The number of nitrogens with zero attached hydrogens (tertiary/aromatic N) is 1. The highest BCUT2D eigenvalue weighted by Gasteiger charge is 2.26. The first-order chi connectivity index (χ1) is 9.71. The summed E-state index contributed by atoms with van der Waals surface area (Å²) < 4.78 is 10.6. The predicted octanol–water partition coefficient (Wildman–Crippen LogP) is 1.51. The number of carbonyl (C=O) groups is 1. The predicted molar refractivity (Wildman–Crippen MR) is 77.2 cm³/mol. The maximum Gasteiger partial charge on any atom is 0.257 e. The Kier molecular flexibility index (Phi) is 4.84. The third-order valence-corrected chi connectivity index (χ3v) is 3.77. The van der Waals surface area contributed by atoms with E-state index in [4.69, 9.17) is 15.2 Å². The zero-order chi connectivity index (χ0) is 14.5. The number of para-hydroxylation sites is 1. The van der Waals surface area contributed by atoms with Gasteiger partial charge in [0, 0.05) is 13.1 Å². The van der Waals surface area contributed by atoms with Crippen molar-refractivity contribution < 1.29 is 14.3 Å². The van der Waals surface area contributed by atoms with E-state index in [1.54, 1.807) is 32.4 Å². The molecule has 1 amide bonds. The van der Waals surface area contributed by atoms with Crippen LogP contribution in [0.5, 0.6) is 11.5 Å². The smallest absolute Gasteiger partial charge is 0.257 e. The van der Waals surface area contributed by atoms with Gasteiger partial charge in [-0.1, -0.05) is 6.07 Å². The van der Waals surface area contributed by atoms with E-state index in [1.165, 1.54) is 0 Å². The molecule has 20 heavy (non-hydrogen) atoms. The van der Waals surface area contributed by atoms with Crippen LogP contribution in [-0.2, 0) is 0 Å². The van der Waals surface area contributed by atoms with E-state index in [1.807, 2.05) is 4.90 Å². The topological polar surface area (TPSA) is 64.8 Å². The van der Waals surface area contributed by atoms with Crippen LogP contribution in [0.15, 0.2) is 18.2 Å². The van der Waals surface area contributed by atoms with E-state index < -0.39 is 0 Å². The molecule has 1 atom stereocenters. The number of nitrogens with two attached hydrogens (primary N) is 1. The minimum Gasteiger partial charge on any atom is -0.493 e. The summed E-state index contributed by atoms with van der Waals surface area (Å²) in [6.07, 6.45) is 2.09. The SMILES string of the molecule is COc1cccc(C(=O)N2CCCC(CN)C2)c1OC. The average Bonchev–Trinajstić information content (AvgIpc) is 2.53. The number of carbonyl (C=O) groups excluding carboxylic acids is 1. The number of amides is 1. The second kappa shape index (κ2) is 6.61. The van der Waals surface area contributed by atoms with Gasteiger partial charge in [0.25, 0.3) is 5.91 Å². The molecule has 1 heterocycles. The van der Waals surface area contributed by atoms with Crippen molar-refractivity contribution in [1.29, 1.82) is 0 Å². The van der Waals surface area contributed by atoms with Gasteiger partial charge < -0.3 is 20.1 Å². The Morgan fingerprint density at radius 1 is 1.40 bits per heavy atom. The Balaban J connectivity index is 2.24. The lowest BCUT2D eigenvalue weighted by Gasteiger charge is -2.32. The minimum absolute atomic E-state index is 0.0149. The van der Waals surface area contributed by atoms with Crippen molar-refractivity contribution in [3.8, 4) is 11.5 Å². The maximum absolute atomic E-state index is 12.7. The number of piperidine rings is 1. The Bertz CT molecular complexity index is 476. The molecule has 0 spiro atoms. The monoisotopic (exact) mass is 278 g/mol. The zero-order valence-corrected chi connectivity index (χ0v) is 12.1. The fraction of sp³-hybridized carbons (Fsp3) is 0.533. The van der Waals surface area contributed by atoms with E-state index in [0.29, 0.717) is 29.5 Å². The number of hydrogen-bond acceptors (Lipinski definition) is 4. The van der Waals surface area contributed by atoms with Crippen LogP contribution in [-0.4, -0.2) is 44.7 Å². The van der Waals surface area contributed by atoms with Crippen molar-refractivity contribution >= 4 is 5.91 Å². The van der Waals surface area contributed by atoms with Crippen molar-refractivity contribution in [3.63, 3.8) is 0 Å². The van der Waals surface area contributed by atoms with Gasteiger partial charge in [-0.05, 0) is 37.4 Å². The molecule has 1 aliphatic rings. The van der Waals surface area contributed by atoms with E-state index in [-0.39, 0.29) is 5.91 Å². The highest BCUT2D eigenvalue weighted by molar-refractivity contribution is 5.97. The Morgan fingerprint density at radius 3 is 2.85 bits per heavy atom. The lowest BCUT2D eigenvalue weighted by atomic mass is 9.97. The number of rotatable bonds is 4. The largest absolute Gasteiger partial charge is 0.493 e. The molecule has 0 saturated carbocycles. The highest BCUT2D eigenvalue weighted by atomic mass is 16.5. The molecule has 5 nitrogen and oxygen atoms in total. The van der Waals surface area contributed by atoms with E-state index in [9.17, 15) is 4.79 Å². The van der Waals surface area contributed by atoms with Crippen LogP contribution in [0.1, 0.15) is 23.2 Å². The summed E-state index contributed by atoms with van der Waals surface area (Å²) >= 11 is 0. The second-order valence-electron chi connectivity index (χ2n) is 5.04. The molecule has 0 aromatic heterocycles. The van der Waals surface area contributed by atoms with Gasteiger partial charge in [0.1, 0.15) is 0 Å². The first-order valence-electron chi connectivity index (χ1n) is 6.91. The van der Waals surface area contributed by atoms with Crippen LogP contribution < -0.4 is 15.2 Å². The summed E-state index contributed by atoms with van der Waals surface area (Å²) in [4.78, 5) is 14.5. The molecule has 0 radical (unpaired) electrons. The Hall–Kier alpha value is -1.75. The van der Waals surface area contributed by atoms with Gasteiger partial charge in [0.05, 0.1) is 19.8 Å². The fourth-order valence-electron chi connectivity index (χ4n) is 2.67. The third kappa shape index (κ3) is 2.88. The molecule has 110 valence electrons. The molecule has 1 aromatic carbocycles. The van der Waals surface area contributed by atoms with Crippen LogP contribution in [0.25, 0.3) is 0 Å². The van der Waals surface area contributed by atoms with Gasteiger partial charge in [0.15, 0.2) is 11.5 Å². The van der Waals surface area contributed by atoms with Crippen LogP contribution in [0.2, 0.25) is 0 Å². The van der Waals surface area contributed by atoms with E-state index >= 15 is 0 Å². The molecule has 0 bridgehead atoms. The first kappa shape index (κ1) is 14.7. The molecule has 1 saturated heterocycles. The minimum atomic E-state index is -0.0149. The third-order valence-electron chi connectivity index (χ3n) is 3.77. The van der Waals surface area contributed by atoms with Crippen LogP contribution in [0.4, 0.5) is 0 Å². The fourth-order valence-corrected chi connectivity index (χ4v) is 2.67. The van der Waals surface area contributed by atoms with Crippen LogP contribution in [0.3, 0.4) is 0 Å². The van der Waals surface area contributed by atoms with Crippen molar-refractivity contribution in [3.05, 3.63) is 23.8 Å². The first-order valence-corrected chi connectivity index (χ1v) is 6.91. The number of ether oxygens (including phenoxy) is 2. The number of methoxy groups -OCH3 is 2. The lowest BCUT2D eigenvalue weighted by Crippen LogP contribution is -2.42. The van der Waals surface area contributed by atoms with Crippen LogP contribution >= 0.6 is 0 Å². The van der Waals surface area contributed by atoms with Gasteiger partial charge in [-0.3, -0.25) is 4.79 Å². The van der Waals surface area contributed by atoms with Crippen molar-refractivity contribution in [2.45, 2.75) is 12.8 Å². The summed E-state index contributed by atoms with van der Waals surface area (Å²) in [6.45, 7) is 2.12. The molecule has 2 N–H and O–H groups in total. The summed E-state index contributed by atoms with van der Waals surface area (Å²) in [6, 6.07) is 5.36. The molecule has 1 aromatic rings. The molecule has 2 rings (SSSR count). The lowest BCUT2D eigenvalue weighted by molar-refractivity contribution is 0.0674. The summed E-state index contributed by atoms with van der Waals surface area (Å²) in [5.41, 5.74) is 6.27. The van der Waals surface area contributed by atoms with Gasteiger partial charge in [-0.25, -0.2) is 0 Å². The highest BCUT2D eigenvalue weighted by Crippen LogP contribution is 2.32. The van der Waals surface area contributed by atoms with Gasteiger partial charge in [-0.15, -0.1) is 0 Å². The van der Waals surface area contributed by atoms with Crippen molar-refractivity contribution in [2.75, 3.05) is 33.9 Å². The molecule has 1 unspecified atom stereocenters. The molecule has 1 fully saturated rings. The number of benzene rings is 1. The van der Waals surface area contributed by atoms with Gasteiger partial charge in [-0.2, -0.15) is 0 Å². The standard InChI is InChI=1S/C15H22N2O3/c1-19-13-7-3-6-12(14(13)20-2)15(18)17-8-4-5-11(9-16)10-17/h3,6-7,11H,4-5,8-10,16H2,1-2H3. The molecular formula is C15H22N2O3. The molecule has 5 heteroatoms. The normalized spacial score (nSPS) is 18.8. The Morgan fingerprint density at radius 2 is 2.20 bits per heavy atom. The van der Waals surface area contributed by atoms with E-state index in [0.717, 1.165) is 25.9 Å². The molecule has 1 aliphatic heterocycles.